The number of nitrogens with one attached hydrogen (secondary N) is 1. The molecule has 1 aromatic carbocycles. The van der Waals surface area contributed by atoms with E-state index in [1.54, 1.807) is 0 Å². The van der Waals surface area contributed by atoms with E-state index in [-0.39, 0.29) is 11.7 Å². The molecule has 98 valence electrons. The lowest BCUT2D eigenvalue weighted by atomic mass is 10.1. The molecule has 1 atom stereocenters. The summed E-state index contributed by atoms with van der Waals surface area (Å²) in [6.07, 6.45) is 0.332. The van der Waals surface area contributed by atoms with Crippen molar-refractivity contribution in [3.63, 3.8) is 0 Å². The second kappa shape index (κ2) is 5.77. The van der Waals surface area contributed by atoms with Crippen LogP contribution in [0.15, 0.2) is 24.3 Å². The minimum absolute atomic E-state index is 0.0372. The summed E-state index contributed by atoms with van der Waals surface area (Å²) < 4.78 is 10.9. The van der Waals surface area contributed by atoms with Gasteiger partial charge in [0.2, 0.25) is 6.41 Å². The highest BCUT2D eigenvalue weighted by atomic mass is 31.2. The molecule has 0 unspecified atom stereocenters. The van der Waals surface area contributed by atoms with Crippen LogP contribution in [0.25, 0.3) is 0 Å². The SMILES string of the molecule is O=CN[C@@H](Cc1ccc(P(=O)(O)O)cc1)C(=O)O. The van der Waals surface area contributed by atoms with Gasteiger partial charge in [0.15, 0.2) is 0 Å². The Hall–Kier alpha value is -1.69. The summed E-state index contributed by atoms with van der Waals surface area (Å²) in [6, 6.07) is 4.22. The molecule has 0 saturated heterocycles. The molecule has 1 rings (SSSR count). The fraction of sp³-hybridized carbons (Fsp3) is 0.200. The van der Waals surface area contributed by atoms with Crippen molar-refractivity contribution in [3.8, 4) is 0 Å². The standard InChI is InChI=1S/C10H12NO6P/c12-6-11-9(10(13)14)5-7-1-3-8(4-2-7)18(15,16)17/h1-4,6,9H,5H2,(H,11,12)(H,13,14)(H2,15,16,17)/t9-/m0/s1. The monoisotopic (exact) mass is 273 g/mol. The quantitative estimate of drug-likeness (QED) is 0.398. The molecule has 0 bridgehead atoms. The summed E-state index contributed by atoms with van der Waals surface area (Å²) in [6.45, 7) is 0. The van der Waals surface area contributed by atoms with Crippen LogP contribution < -0.4 is 10.6 Å². The first kappa shape index (κ1) is 14.4. The van der Waals surface area contributed by atoms with Crippen LogP contribution in [0.2, 0.25) is 0 Å². The molecule has 0 spiro atoms. The summed E-state index contributed by atoms with van der Waals surface area (Å²) in [5.74, 6) is -1.18. The van der Waals surface area contributed by atoms with Gasteiger partial charge in [-0.15, -0.1) is 0 Å². The lowest BCUT2D eigenvalue weighted by Crippen LogP contribution is -2.37. The van der Waals surface area contributed by atoms with E-state index >= 15 is 0 Å². The van der Waals surface area contributed by atoms with Gasteiger partial charge in [-0.3, -0.25) is 9.36 Å². The Morgan fingerprint density at radius 3 is 2.28 bits per heavy atom. The van der Waals surface area contributed by atoms with Crippen molar-refractivity contribution >= 4 is 25.3 Å². The summed E-state index contributed by atoms with van der Waals surface area (Å²) in [5, 5.41) is 10.8. The zero-order valence-electron chi connectivity index (χ0n) is 9.18. The van der Waals surface area contributed by atoms with Crippen LogP contribution >= 0.6 is 7.60 Å². The molecular formula is C10H12NO6P. The third kappa shape index (κ3) is 3.96. The van der Waals surface area contributed by atoms with Crippen molar-refractivity contribution in [2.24, 2.45) is 0 Å². The fourth-order valence-electron chi connectivity index (χ4n) is 1.36. The second-order valence-electron chi connectivity index (χ2n) is 3.59. The van der Waals surface area contributed by atoms with Crippen molar-refractivity contribution in [1.29, 1.82) is 0 Å². The van der Waals surface area contributed by atoms with Crippen LogP contribution in [0.1, 0.15) is 5.56 Å². The number of hydrogen-bond donors (Lipinski definition) is 4. The Labute approximate surface area is 103 Å². The van der Waals surface area contributed by atoms with Gasteiger partial charge in [-0.1, -0.05) is 12.1 Å². The number of rotatable bonds is 6. The maximum absolute atomic E-state index is 10.9. The Kier molecular flexibility index (Phi) is 4.61. The van der Waals surface area contributed by atoms with Crippen LogP contribution in [0.4, 0.5) is 0 Å². The van der Waals surface area contributed by atoms with Gasteiger partial charge < -0.3 is 20.2 Å². The van der Waals surface area contributed by atoms with Crippen LogP contribution in [-0.2, 0) is 20.6 Å². The average Bonchev–Trinajstić information content (AvgIpc) is 2.28. The largest absolute Gasteiger partial charge is 0.480 e. The van der Waals surface area contributed by atoms with Crippen LogP contribution in [0, 0.1) is 0 Å². The molecule has 18 heavy (non-hydrogen) atoms. The Balaban J connectivity index is 2.82. The van der Waals surface area contributed by atoms with Crippen LogP contribution in [-0.4, -0.2) is 33.3 Å². The summed E-state index contributed by atoms with van der Waals surface area (Å²) in [7, 11) is -4.29. The number of aliphatic carboxylic acids is 1. The van der Waals surface area contributed by atoms with E-state index in [2.05, 4.69) is 5.32 Å². The van der Waals surface area contributed by atoms with Crippen molar-refractivity contribution in [3.05, 3.63) is 29.8 Å². The maximum Gasteiger partial charge on any atom is 0.356 e. The molecule has 0 aliphatic heterocycles. The molecule has 0 aliphatic rings. The van der Waals surface area contributed by atoms with E-state index in [0.717, 1.165) is 0 Å². The van der Waals surface area contributed by atoms with E-state index in [0.29, 0.717) is 12.0 Å². The Morgan fingerprint density at radius 1 is 1.33 bits per heavy atom. The average molecular weight is 273 g/mol. The molecule has 7 nitrogen and oxygen atoms in total. The van der Waals surface area contributed by atoms with E-state index < -0.39 is 19.6 Å². The number of hydrogen-bond acceptors (Lipinski definition) is 3. The normalized spacial score (nSPS) is 12.8. The lowest BCUT2D eigenvalue weighted by Gasteiger charge is -2.11. The molecule has 0 fully saturated rings. The number of carboxylic acid groups (broad SMARTS) is 1. The van der Waals surface area contributed by atoms with Gasteiger partial charge in [-0.05, 0) is 17.7 Å². The first-order valence-corrected chi connectivity index (χ1v) is 6.53. The van der Waals surface area contributed by atoms with E-state index in [9.17, 15) is 14.2 Å². The molecule has 0 saturated carbocycles. The molecule has 0 radical (unpaired) electrons. The van der Waals surface area contributed by atoms with Gasteiger partial charge in [0.1, 0.15) is 6.04 Å². The second-order valence-corrected chi connectivity index (χ2v) is 5.19. The number of amides is 1. The van der Waals surface area contributed by atoms with Crippen molar-refractivity contribution in [1.82, 2.24) is 5.32 Å². The van der Waals surface area contributed by atoms with Gasteiger partial charge in [-0.2, -0.15) is 0 Å². The Morgan fingerprint density at radius 2 is 1.89 bits per heavy atom. The van der Waals surface area contributed by atoms with Gasteiger partial charge in [0.25, 0.3) is 0 Å². The van der Waals surface area contributed by atoms with E-state index in [1.165, 1.54) is 24.3 Å². The predicted molar refractivity (Wildman–Crippen MR) is 62.4 cm³/mol. The molecule has 1 aromatic rings. The highest BCUT2D eigenvalue weighted by Crippen LogP contribution is 2.32. The van der Waals surface area contributed by atoms with Crippen molar-refractivity contribution < 1.29 is 29.0 Å². The zero-order chi connectivity index (χ0) is 13.8. The molecule has 0 heterocycles. The number of carboxylic acids is 1. The molecule has 0 aliphatic carbocycles. The van der Waals surface area contributed by atoms with E-state index in [1.807, 2.05) is 0 Å². The minimum atomic E-state index is -4.29. The highest BCUT2D eigenvalue weighted by molar-refractivity contribution is 7.60. The third-order valence-corrected chi connectivity index (χ3v) is 3.25. The smallest absolute Gasteiger partial charge is 0.356 e. The van der Waals surface area contributed by atoms with Gasteiger partial charge in [-0.25, -0.2) is 4.79 Å². The van der Waals surface area contributed by atoms with Crippen molar-refractivity contribution in [2.75, 3.05) is 0 Å². The summed E-state index contributed by atoms with van der Waals surface area (Å²) >= 11 is 0. The van der Waals surface area contributed by atoms with Gasteiger partial charge in [0.05, 0.1) is 5.30 Å². The molecule has 8 heteroatoms. The minimum Gasteiger partial charge on any atom is -0.480 e. The van der Waals surface area contributed by atoms with Gasteiger partial charge in [0, 0.05) is 6.42 Å². The third-order valence-electron chi connectivity index (χ3n) is 2.28. The van der Waals surface area contributed by atoms with Crippen LogP contribution in [0.3, 0.4) is 0 Å². The first-order chi connectivity index (χ1) is 8.34. The predicted octanol–water partition coefficient (Wildman–Crippen LogP) is -0.769. The number of benzene rings is 1. The highest BCUT2D eigenvalue weighted by Gasteiger charge is 2.19. The maximum atomic E-state index is 10.9. The first-order valence-electron chi connectivity index (χ1n) is 4.92. The summed E-state index contributed by atoms with van der Waals surface area (Å²) in [4.78, 5) is 38.8. The molecule has 0 aromatic heterocycles. The molecule has 1 amide bonds. The van der Waals surface area contributed by atoms with Crippen LogP contribution in [0.5, 0.6) is 0 Å². The number of carbonyl (C=O) groups is 2. The molecular weight excluding hydrogens is 261 g/mol. The lowest BCUT2D eigenvalue weighted by molar-refractivity contribution is -0.140. The fourth-order valence-corrected chi connectivity index (χ4v) is 1.90. The van der Waals surface area contributed by atoms with E-state index in [4.69, 9.17) is 14.9 Å². The summed E-state index contributed by atoms with van der Waals surface area (Å²) in [5.41, 5.74) is 0.550. The molecule has 4 N–H and O–H groups in total. The van der Waals surface area contributed by atoms with Gasteiger partial charge >= 0.3 is 13.6 Å². The Bertz CT molecular complexity index is 480. The zero-order valence-corrected chi connectivity index (χ0v) is 10.1. The topological polar surface area (TPSA) is 124 Å². The number of carbonyl (C=O) groups excluding carboxylic acids is 1. The van der Waals surface area contributed by atoms with Crippen molar-refractivity contribution in [2.45, 2.75) is 12.5 Å².